The van der Waals surface area contributed by atoms with Gasteiger partial charge in [-0.2, -0.15) is 5.10 Å². The number of hydrogen-bond donors (Lipinski definition) is 0. The molecule has 0 N–H and O–H groups in total. The van der Waals surface area contributed by atoms with Crippen LogP contribution in [0, 0.1) is 0 Å². The summed E-state index contributed by atoms with van der Waals surface area (Å²) in [6.45, 7) is 5.95. The largest absolute Gasteiger partial charge is 0.350 e. The topological polar surface area (TPSA) is 24.3 Å². The van der Waals surface area contributed by atoms with Gasteiger partial charge in [-0.15, -0.1) is 0 Å². The third kappa shape index (κ3) is 1.61. The van der Waals surface area contributed by atoms with Crippen molar-refractivity contribution in [3.63, 3.8) is 0 Å². The highest BCUT2D eigenvalue weighted by molar-refractivity contribution is 5.39. The SMILES string of the molecule is CC1CN2CCCC2CN1c1ccn(C)n1. The number of nitrogens with zero attached hydrogens (tertiary/aromatic N) is 4. The van der Waals surface area contributed by atoms with Gasteiger partial charge in [0.2, 0.25) is 0 Å². The van der Waals surface area contributed by atoms with Gasteiger partial charge >= 0.3 is 0 Å². The van der Waals surface area contributed by atoms with Crippen LogP contribution in [-0.4, -0.2) is 46.4 Å². The first-order chi connectivity index (χ1) is 7.74. The van der Waals surface area contributed by atoms with E-state index < -0.39 is 0 Å². The van der Waals surface area contributed by atoms with E-state index in [1.807, 2.05) is 17.9 Å². The van der Waals surface area contributed by atoms with Crippen molar-refractivity contribution in [3.8, 4) is 0 Å². The molecule has 2 atom stereocenters. The standard InChI is InChI=1S/C12H20N4/c1-10-8-15-6-3-4-11(15)9-16(10)12-5-7-14(2)13-12/h5,7,10-11H,3-4,6,8-9H2,1-2H3. The average Bonchev–Trinajstić information content (AvgIpc) is 2.84. The predicted molar refractivity (Wildman–Crippen MR) is 64.6 cm³/mol. The van der Waals surface area contributed by atoms with Crippen LogP contribution >= 0.6 is 0 Å². The van der Waals surface area contributed by atoms with Crippen LogP contribution < -0.4 is 4.90 Å². The molecular formula is C12H20N4. The molecule has 2 unspecified atom stereocenters. The lowest BCUT2D eigenvalue weighted by Crippen LogP contribution is -2.55. The summed E-state index contributed by atoms with van der Waals surface area (Å²) in [5.41, 5.74) is 0. The van der Waals surface area contributed by atoms with Crippen LogP contribution in [0.2, 0.25) is 0 Å². The quantitative estimate of drug-likeness (QED) is 0.708. The Hall–Kier alpha value is -1.03. The molecule has 2 fully saturated rings. The van der Waals surface area contributed by atoms with Crippen LogP contribution in [0.1, 0.15) is 19.8 Å². The van der Waals surface area contributed by atoms with Crippen LogP contribution in [0.15, 0.2) is 12.3 Å². The molecule has 0 spiro atoms. The number of rotatable bonds is 1. The average molecular weight is 220 g/mol. The lowest BCUT2D eigenvalue weighted by atomic mass is 10.1. The molecule has 0 radical (unpaired) electrons. The molecule has 0 aromatic carbocycles. The zero-order valence-electron chi connectivity index (χ0n) is 10.1. The predicted octanol–water partition coefficient (Wildman–Crippen LogP) is 1.09. The van der Waals surface area contributed by atoms with E-state index in [1.54, 1.807) is 0 Å². The molecule has 4 heteroatoms. The minimum atomic E-state index is 0.587. The Labute approximate surface area is 96.8 Å². The van der Waals surface area contributed by atoms with Crippen molar-refractivity contribution < 1.29 is 0 Å². The molecule has 1 aromatic heterocycles. The van der Waals surface area contributed by atoms with Crippen LogP contribution in [0.25, 0.3) is 0 Å². The van der Waals surface area contributed by atoms with E-state index in [4.69, 9.17) is 0 Å². The molecule has 16 heavy (non-hydrogen) atoms. The van der Waals surface area contributed by atoms with Gasteiger partial charge in [0.25, 0.3) is 0 Å². The second kappa shape index (κ2) is 3.77. The van der Waals surface area contributed by atoms with Gasteiger partial charge in [0, 0.05) is 44.5 Å². The van der Waals surface area contributed by atoms with Crippen LogP contribution in [0.5, 0.6) is 0 Å². The summed E-state index contributed by atoms with van der Waals surface area (Å²) in [6.07, 6.45) is 4.76. The number of aryl methyl sites for hydroxylation is 1. The fourth-order valence-electron chi connectivity index (χ4n) is 3.06. The smallest absolute Gasteiger partial charge is 0.150 e. The Morgan fingerprint density at radius 3 is 3.00 bits per heavy atom. The molecule has 1 aromatic rings. The fraction of sp³-hybridized carbons (Fsp3) is 0.750. The Morgan fingerprint density at radius 2 is 2.25 bits per heavy atom. The first-order valence-electron chi connectivity index (χ1n) is 6.24. The van der Waals surface area contributed by atoms with E-state index >= 15 is 0 Å². The summed E-state index contributed by atoms with van der Waals surface area (Å²) < 4.78 is 1.89. The number of anilines is 1. The molecule has 0 saturated carbocycles. The lowest BCUT2D eigenvalue weighted by Gasteiger charge is -2.42. The van der Waals surface area contributed by atoms with Gasteiger partial charge in [-0.1, -0.05) is 0 Å². The van der Waals surface area contributed by atoms with Crippen LogP contribution in [0.3, 0.4) is 0 Å². The Kier molecular flexibility index (Phi) is 2.39. The van der Waals surface area contributed by atoms with Gasteiger partial charge in [0.15, 0.2) is 5.82 Å². The van der Waals surface area contributed by atoms with Crippen molar-refractivity contribution in [2.75, 3.05) is 24.5 Å². The first kappa shape index (κ1) is 10.1. The normalized spacial score (nSPS) is 30.8. The minimum absolute atomic E-state index is 0.587. The highest BCUT2D eigenvalue weighted by atomic mass is 15.4. The number of piperazine rings is 1. The van der Waals surface area contributed by atoms with Gasteiger partial charge in [-0.25, -0.2) is 0 Å². The highest BCUT2D eigenvalue weighted by Crippen LogP contribution is 2.27. The van der Waals surface area contributed by atoms with Gasteiger partial charge in [-0.05, 0) is 26.3 Å². The zero-order valence-corrected chi connectivity index (χ0v) is 10.1. The molecule has 3 heterocycles. The Bertz CT molecular complexity index is 373. The van der Waals surface area contributed by atoms with Crippen molar-refractivity contribution in [2.24, 2.45) is 7.05 Å². The maximum atomic E-state index is 4.52. The summed E-state index contributed by atoms with van der Waals surface area (Å²) >= 11 is 0. The van der Waals surface area contributed by atoms with Crippen molar-refractivity contribution in [2.45, 2.75) is 31.8 Å². The molecule has 2 saturated heterocycles. The first-order valence-corrected chi connectivity index (χ1v) is 6.24. The minimum Gasteiger partial charge on any atom is -0.350 e. The van der Waals surface area contributed by atoms with E-state index in [1.165, 1.54) is 25.9 Å². The van der Waals surface area contributed by atoms with E-state index in [-0.39, 0.29) is 0 Å². The summed E-state index contributed by atoms with van der Waals surface area (Å²) in [4.78, 5) is 5.11. The number of hydrogen-bond acceptors (Lipinski definition) is 3. The summed E-state index contributed by atoms with van der Waals surface area (Å²) in [6, 6.07) is 3.48. The van der Waals surface area contributed by atoms with Crippen molar-refractivity contribution in [3.05, 3.63) is 12.3 Å². The number of aromatic nitrogens is 2. The summed E-state index contributed by atoms with van der Waals surface area (Å²) in [7, 11) is 1.99. The monoisotopic (exact) mass is 220 g/mol. The Balaban J connectivity index is 1.80. The summed E-state index contributed by atoms with van der Waals surface area (Å²) in [5, 5.41) is 4.52. The van der Waals surface area contributed by atoms with Gasteiger partial charge in [0.1, 0.15) is 0 Å². The van der Waals surface area contributed by atoms with E-state index in [0.29, 0.717) is 6.04 Å². The summed E-state index contributed by atoms with van der Waals surface area (Å²) in [5.74, 6) is 1.14. The molecule has 2 aliphatic rings. The zero-order chi connectivity index (χ0) is 11.1. The molecule has 0 amide bonds. The van der Waals surface area contributed by atoms with Crippen LogP contribution in [0.4, 0.5) is 5.82 Å². The van der Waals surface area contributed by atoms with Crippen LogP contribution in [-0.2, 0) is 7.05 Å². The number of fused-ring (bicyclic) bond motifs is 1. The van der Waals surface area contributed by atoms with E-state index in [2.05, 4.69) is 27.9 Å². The van der Waals surface area contributed by atoms with E-state index in [9.17, 15) is 0 Å². The fourth-order valence-corrected chi connectivity index (χ4v) is 3.06. The molecule has 88 valence electrons. The third-order valence-electron chi connectivity index (χ3n) is 3.93. The molecular weight excluding hydrogens is 200 g/mol. The van der Waals surface area contributed by atoms with Crippen molar-refractivity contribution >= 4 is 5.82 Å². The van der Waals surface area contributed by atoms with Crippen molar-refractivity contribution in [1.82, 2.24) is 14.7 Å². The van der Waals surface area contributed by atoms with Gasteiger partial charge < -0.3 is 4.90 Å². The second-order valence-electron chi connectivity index (χ2n) is 5.14. The molecule has 0 aliphatic carbocycles. The van der Waals surface area contributed by atoms with Gasteiger partial charge in [0.05, 0.1) is 0 Å². The maximum Gasteiger partial charge on any atom is 0.150 e. The molecule has 0 bridgehead atoms. The maximum absolute atomic E-state index is 4.52. The van der Waals surface area contributed by atoms with Gasteiger partial charge in [-0.3, -0.25) is 9.58 Å². The lowest BCUT2D eigenvalue weighted by molar-refractivity contribution is 0.202. The van der Waals surface area contributed by atoms with E-state index in [0.717, 1.165) is 18.4 Å². The molecule has 4 nitrogen and oxygen atoms in total. The third-order valence-corrected chi connectivity index (χ3v) is 3.93. The Morgan fingerprint density at radius 1 is 1.38 bits per heavy atom. The van der Waals surface area contributed by atoms with Crippen molar-refractivity contribution in [1.29, 1.82) is 0 Å². The molecule has 3 rings (SSSR count). The molecule has 2 aliphatic heterocycles. The highest BCUT2D eigenvalue weighted by Gasteiger charge is 2.34. The second-order valence-corrected chi connectivity index (χ2v) is 5.14.